The van der Waals surface area contributed by atoms with Gasteiger partial charge in [-0.25, -0.2) is 9.37 Å². The van der Waals surface area contributed by atoms with Crippen molar-refractivity contribution in [3.05, 3.63) is 23.0 Å². The molecule has 0 bridgehead atoms. The maximum absolute atomic E-state index is 14.3. The van der Waals surface area contributed by atoms with Crippen molar-refractivity contribution < 1.29 is 9.13 Å². The molecule has 7 heteroatoms. The van der Waals surface area contributed by atoms with E-state index in [2.05, 4.69) is 19.9 Å². The molecule has 1 aliphatic carbocycles. The van der Waals surface area contributed by atoms with Gasteiger partial charge in [0.2, 0.25) is 5.28 Å². The fraction of sp³-hybridized carbons (Fsp3) is 0.533. The van der Waals surface area contributed by atoms with Crippen LogP contribution in [0, 0.1) is 18.7 Å². The van der Waals surface area contributed by atoms with Crippen LogP contribution in [0.15, 0.2) is 6.20 Å². The van der Waals surface area contributed by atoms with Gasteiger partial charge in [-0.1, -0.05) is 7.43 Å². The molecule has 22 heavy (non-hydrogen) atoms. The van der Waals surface area contributed by atoms with Gasteiger partial charge in [0.15, 0.2) is 5.82 Å². The van der Waals surface area contributed by atoms with Gasteiger partial charge in [0.1, 0.15) is 11.3 Å². The lowest BCUT2D eigenvalue weighted by Gasteiger charge is -2.23. The molecule has 2 aliphatic rings. The summed E-state index contributed by atoms with van der Waals surface area (Å²) in [5.74, 6) is 0.755. The van der Waals surface area contributed by atoms with Crippen LogP contribution in [0.3, 0.4) is 0 Å². The van der Waals surface area contributed by atoms with Crippen LogP contribution in [0.2, 0.25) is 5.28 Å². The summed E-state index contributed by atoms with van der Waals surface area (Å²) in [6.07, 6.45) is 2.70. The summed E-state index contributed by atoms with van der Waals surface area (Å²) in [6, 6.07) is 0.394. The Kier molecular flexibility index (Phi) is 3.91. The smallest absolute Gasteiger partial charge is 0.225 e. The summed E-state index contributed by atoms with van der Waals surface area (Å²) in [7, 11) is 0. The normalized spacial score (nSPS) is 23.7. The second kappa shape index (κ2) is 5.59. The van der Waals surface area contributed by atoms with Gasteiger partial charge in [-0.05, 0) is 24.9 Å². The van der Waals surface area contributed by atoms with Crippen LogP contribution < -0.4 is 4.90 Å². The first kappa shape index (κ1) is 15.4. The number of nitrogens with zero attached hydrogens (tertiary/aromatic N) is 4. The van der Waals surface area contributed by atoms with E-state index in [-0.39, 0.29) is 18.2 Å². The largest absolute Gasteiger partial charge is 0.379 e. The molecule has 3 heterocycles. The van der Waals surface area contributed by atoms with Crippen LogP contribution in [-0.4, -0.2) is 40.8 Å². The Hall–Kier alpha value is -1.53. The van der Waals surface area contributed by atoms with Crippen molar-refractivity contribution in [3.63, 3.8) is 0 Å². The van der Waals surface area contributed by atoms with E-state index in [0.717, 1.165) is 19.6 Å². The second-order valence-corrected chi connectivity index (χ2v) is 5.91. The molecule has 1 saturated carbocycles. The minimum atomic E-state index is -0.434. The fourth-order valence-corrected chi connectivity index (χ4v) is 3.11. The summed E-state index contributed by atoms with van der Waals surface area (Å²) in [5, 5.41) is 0.666. The van der Waals surface area contributed by atoms with Gasteiger partial charge in [0.25, 0.3) is 0 Å². The minimum Gasteiger partial charge on any atom is -0.379 e. The maximum Gasteiger partial charge on any atom is 0.225 e. The van der Waals surface area contributed by atoms with Gasteiger partial charge in [-0.3, -0.25) is 4.98 Å². The second-order valence-electron chi connectivity index (χ2n) is 5.57. The number of hydrogen-bond acceptors (Lipinski definition) is 5. The number of ether oxygens (including phenoxy) is 1. The quantitative estimate of drug-likeness (QED) is 0.755. The molecule has 2 unspecified atom stereocenters. The highest BCUT2D eigenvalue weighted by Gasteiger charge is 2.44. The fourth-order valence-electron chi connectivity index (χ4n) is 2.94. The van der Waals surface area contributed by atoms with Gasteiger partial charge in [-0.2, -0.15) is 4.98 Å². The average Bonchev–Trinajstić information content (AvgIpc) is 3.22. The molecular weight excluding hydrogens is 307 g/mol. The zero-order valence-electron chi connectivity index (χ0n) is 11.5. The third kappa shape index (κ3) is 2.40. The average molecular weight is 325 g/mol. The number of halogens is 2. The predicted octanol–water partition coefficient (Wildman–Crippen LogP) is 2.99. The van der Waals surface area contributed by atoms with Gasteiger partial charge in [-0.15, -0.1) is 0 Å². The molecule has 0 aromatic carbocycles. The number of pyridine rings is 1. The summed E-state index contributed by atoms with van der Waals surface area (Å²) < 4.78 is 19.8. The summed E-state index contributed by atoms with van der Waals surface area (Å²) in [4.78, 5) is 14.6. The summed E-state index contributed by atoms with van der Waals surface area (Å²) in [5.41, 5.74) is 0.548. The van der Waals surface area contributed by atoms with Crippen LogP contribution in [0.4, 0.5) is 10.2 Å². The third-order valence-electron chi connectivity index (χ3n) is 4.18. The molecule has 2 aromatic heterocycles. The Bertz CT molecular complexity index is 726. The number of aryl methyl sites for hydroxylation is 1. The number of fused-ring (bicyclic) bond motifs is 2. The Morgan fingerprint density at radius 2 is 2.23 bits per heavy atom. The van der Waals surface area contributed by atoms with Crippen LogP contribution >= 0.6 is 11.6 Å². The molecule has 4 rings (SSSR count). The topological polar surface area (TPSA) is 51.1 Å². The highest BCUT2D eigenvalue weighted by atomic mass is 35.5. The SMILES string of the molecule is C.Cc1ncc2c(N3CCOCC4CC43)nc(Cl)nc2c1F. The van der Waals surface area contributed by atoms with Crippen LogP contribution in [0.5, 0.6) is 0 Å². The molecule has 1 saturated heterocycles. The Balaban J connectivity index is 0.00000144. The first-order valence-corrected chi connectivity index (χ1v) is 7.35. The third-order valence-corrected chi connectivity index (χ3v) is 4.35. The van der Waals surface area contributed by atoms with E-state index in [1.807, 2.05) is 0 Å². The van der Waals surface area contributed by atoms with Crippen molar-refractivity contribution in [3.8, 4) is 0 Å². The Morgan fingerprint density at radius 3 is 3.05 bits per heavy atom. The highest BCUT2D eigenvalue weighted by Crippen LogP contribution is 2.41. The molecule has 2 atom stereocenters. The Labute approximate surface area is 133 Å². The molecule has 0 spiro atoms. The minimum absolute atomic E-state index is 0. The van der Waals surface area contributed by atoms with E-state index in [4.69, 9.17) is 16.3 Å². The van der Waals surface area contributed by atoms with E-state index < -0.39 is 5.82 Å². The van der Waals surface area contributed by atoms with Crippen LogP contribution in [-0.2, 0) is 4.74 Å². The van der Waals surface area contributed by atoms with E-state index in [1.165, 1.54) is 0 Å². The van der Waals surface area contributed by atoms with Crippen molar-refractivity contribution >= 4 is 28.3 Å². The molecule has 1 aliphatic heterocycles. The maximum atomic E-state index is 14.3. The lowest BCUT2D eigenvalue weighted by Crippen LogP contribution is -2.30. The van der Waals surface area contributed by atoms with Gasteiger partial charge < -0.3 is 9.64 Å². The van der Waals surface area contributed by atoms with E-state index in [9.17, 15) is 4.39 Å². The van der Waals surface area contributed by atoms with E-state index in [0.29, 0.717) is 35.5 Å². The van der Waals surface area contributed by atoms with Crippen molar-refractivity contribution in [1.29, 1.82) is 0 Å². The van der Waals surface area contributed by atoms with Crippen LogP contribution in [0.25, 0.3) is 10.9 Å². The first-order chi connectivity index (χ1) is 10.1. The van der Waals surface area contributed by atoms with Gasteiger partial charge >= 0.3 is 0 Å². The molecule has 5 nitrogen and oxygen atoms in total. The lowest BCUT2D eigenvalue weighted by molar-refractivity contribution is 0.139. The molecule has 0 radical (unpaired) electrons. The van der Waals surface area contributed by atoms with Gasteiger partial charge in [0, 0.05) is 24.7 Å². The van der Waals surface area contributed by atoms with Crippen molar-refractivity contribution in [2.75, 3.05) is 24.7 Å². The zero-order valence-corrected chi connectivity index (χ0v) is 12.3. The molecule has 0 amide bonds. The number of hydrogen-bond donors (Lipinski definition) is 0. The number of aromatic nitrogens is 3. The number of anilines is 1. The van der Waals surface area contributed by atoms with Crippen molar-refractivity contribution in [1.82, 2.24) is 15.0 Å². The lowest BCUT2D eigenvalue weighted by atomic mass is 10.2. The van der Waals surface area contributed by atoms with E-state index >= 15 is 0 Å². The van der Waals surface area contributed by atoms with Crippen molar-refractivity contribution in [2.24, 2.45) is 5.92 Å². The zero-order chi connectivity index (χ0) is 14.6. The monoisotopic (exact) mass is 324 g/mol. The van der Waals surface area contributed by atoms with Crippen molar-refractivity contribution in [2.45, 2.75) is 26.8 Å². The molecule has 118 valence electrons. The van der Waals surface area contributed by atoms with Crippen LogP contribution in [0.1, 0.15) is 19.5 Å². The van der Waals surface area contributed by atoms with Gasteiger partial charge in [0.05, 0.1) is 24.3 Å². The van der Waals surface area contributed by atoms with E-state index in [1.54, 1.807) is 13.1 Å². The first-order valence-electron chi connectivity index (χ1n) is 6.98. The summed E-state index contributed by atoms with van der Waals surface area (Å²) in [6.45, 7) is 3.75. The molecule has 2 fully saturated rings. The molecule has 0 N–H and O–H groups in total. The highest BCUT2D eigenvalue weighted by molar-refractivity contribution is 6.28. The summed E-state index contributed by atoms with van der Waals surface area (Å²) >= 11 is 6.00. The predicted molar refractivity (Wildman–Crippen MR) is 83.8 cm³/mol. The molecule has 2 aromatic rings. The Morgan fingerprint density at radius 1 is 1.41 bits per heavy atom. The number of rotatable bonds is 1. The standard InChI is InChI=1S/C14H14ClFN4O.CH4/c1-7-11(16)12-9(5-17-7)13(19-14(15)18-12)20-2-3-21-6-8-4-10(8)20;/h5,8,10H,2-4,6H2,1H3;1H4. The molecular formula is C15H18ClFN4O.